The number of carbonyl (C=O) groups is 2. The lowest BCUT2D eigenvalue weighted by Crippen LogP contribution is -2.37. The average molecular weight is 524 g/mol. The highest BCUT2D eigenvalue weighted by Crippen LogP contribution is 2.32. The van der Waals surface area contributed by atoms with Crippen molar-refractivity contribution in [1.82, 2.24) is 9.88 Å². The Bertz CT molecular complexity index is 1280. The van der Waals surface area contributed by atoms with Crippen LogP contribution in [0.4, 0.5) is 18.9 Å². The second kappa shape index (κ2) is 10.8. The molecule has 5 rings (SSSR count). The molecule has 6 nitrogen and oxygen atoms in total. The maximum Gasteiger partial charge on any atom is 0.416 e. The molecule has 0 spiro atoms. The van der Waals surface area contributed by atoms with Crippen molar-refractivity contribution in [3.8, 4) is 5.75 Å². The molecule has 0 bridgehead atoms. The van der Waals surface area contributed by atoms with Gasteiger partial charge in [-0.25, -0.2) is 0 Å². The molecule has 1 aliphatic heterocycles. The number of benzene rings is 2. The maximum atomic E-state index is 12.9. The standard InChI is InChI=1S/C29H28F3N3O3/c30-29(31,32)23-11-14-33-26(17-23)27(36)34-24-7-3-20(4-8-24)21-12-15-35(16-13-21)28(37)22-5-9-25(10-6-22)38-18-19-1-2-19/h3-11,14,17,19,21H,1-2,12-13,15-16,18H2,(H,34,36). The van der Waals surface area contributed by atoms with Gasteiger partial charge in [0.15, 0.2) is 0 Å². The summed E-state index contributed by atoms with van der Waals surface area (Å²) < 4.78 is 44.5. The van der Waals surface area contributed by atoms with E-state index < -0.39 is 17.6 Å². The molecule has 2 aromatic carbocycles. The lowest BCUT2D eigenvalue weighted by molar-refractivity contribution is -0.137. The lowest BCUT2D eigenvalue weighted by Gasteiger charge is -2.32. The van der Waals surface area contributed by atoms with Crippen LogP contribution in [-0.2, 0) is 6.18 Å². The van der Waals surface area contributed by atoms with Crippen molar-refractivity contribution in [1.29, 1.82) is 0 Å². The molecule has 0 radical (unpaired) electrons. The first-order valence-electron chi connectivity index (χ1n) is 12.7. The Labute approximate surface area is 218 Å². The number of carbonyl (C=O) groups excluding carboxylic acids is 2. The van der Waals surface area contributed by atoms with Crippen LogP contribution in [0.2, 0.25) is 0 Å². The van der Waals surface area contributed by atoms with E-state index in [0.717, 1.165) is 49.1 Å². The molecular weight excluding hydrogens is 495 g/mol. The SMILES string of the molecule is O=C(Nc1ccc(C2CCN(C(=O)c3ccc(OCC4CC4)cc3)CC2)cc1)c1cc(C(F)(F)F)ccn1. The van der Waals surface area contributed by atoms with Crippen LogP contribution in [0.5, 0.6) is 5.75 Å². The number of aromatic nitrogens is 1. The average Bonchev–Trinajstić information content (AvgIpc) is 3.77. The first kappa shape index (κ1) is 25.8. The van der Waals surface area contributed by atoms with Crippen LogP contribution in [0.15, 0.2) is 66.9 Å². The molecule has 3 aromatic rings. The molecular formula is C29H28F3N3O3. The van der Waals surface area contributed by atoms with Crippen LogP contribution in [0, 0.1) is 5.92 Å². The molecule has 38 heavy (non-hydrogen) atoms. The quantitative estimate of drug-likeness (QED) is 0.403. The largest absolute Gasteiger partial charge is 0.493 e. The molecule has 2 aliphatic rings. The first-order chi connectivity index (χ1) is 18.3. The number of likely N-dealkylation sites (tertiary alicyclic amines) is 1. The molecule has 2 amide bonds. The number of pyridine rings is 1. The van der Waals surface area contributed by atoms with E-state index >= 15 is 0 Å². The number of anilines is 1. The van der Waals surface area contributed by atoms with Crippen LogP contribution in [0.3, 0.4) is 0 Å². The minimum absolute atomic E-state index is 0.0125. The summed E-state index contributed by atoms with van der Waals surface area (Å²) in [4.78, 5) is 31.0. The van der Waals surface area contributed by atoms with E-state index in [9.17, 15) is 22.8 Å². The molecule has 2 fully saturated rings. The Morgan fingerprint density at radius 2 is 1.63 bits per heavy atom. The second-order valence-corrected chi connectivity index (χ2v) is 9.85. The molecule has 1 aliphatic carbocycles. The molecule has 1 saturated heterocycles. The number of alkyl halides is 3. The predicted octanol–water partition coefficient (Wildman–Crippen LogP) is 6.16. The van der Waals surface area contributed by atoms with Gasteiger partial charge in [-0.3, -0.25) is 14.6 Å². The summed E-state index contributed by atoms with van der Waals surface area (Å²) in [6, 6.07) is 16.2. The predicted molar refractivity (Wildman–Crippen MR) is 136 cm³/mol. The van der Waals surface area contributed by atoms with Gasteiger partial charge in [0, 0.05) is 30.5 Å². The van der Waals surface area contributed by atoms with Gasteiger partial charge >= 0.3 is 6.18 Å². The third-order valence-electron chi connectivity index (χ3n) is 7.03. The Morgan fingerprint density at radius 3 is 2.26 bits per heavy atom. The van der Waals surface area contributed by atoms with E-state index in [1.165, 1.54) is 12.8 Å². The number of amides is 2. The zero-order valence-electron chi connectivity index (χ0n) is 20.7. The molecule has 9 heteroatoms. The summed E-state index contributed by atoms with van der Waals surface area (Å²) in [7, 11) is 0. The van der Waals surface area contributed by atoms with Crippen LogP contribution in [-0.4, -0.2) is 41.4 Å². The Balaban J connectivity index is 1.12. The number of hydrogen-bond donors (Lipinski definition) is 1. The minimum atomic E-state index is -4.55. The number of halogens is 3. The van der Waals surface area contributed by atoms with Gasteiger partial charge in [0.05, 0.1) is 12.2 Å². The normalized spacial score (nSPS) is 16.2. The summed E-state index contributed by atoms with van der Waals surface area (Å²) in [5.41, 5.74) is 0.978. The maximum absolute atomic E-state index is 12.9. The van der Waals surface area contributed by atoms with Gasteiger partial charge in [-0.1, -0.05) is 12.1 Å². The van der Waals surface area contributed by atoms with Crippen molar-refractivity contribution >= 4 is 17.5 Å². The van der Waals surface area contributed by atoms with Gasteiger partial charge in [-0.15, -0.1) is 0 Å². The Kier molecular flexibility index (Phi) is 7.35. The fraction of sp³-hybridized carbons (Fsp3) is 0.345. The fourth-order valence-electron chi connectivity index (χ4n) is 4.56. The summed E-state index contributed by atoms with van der Waals surface area (Å²) in [6.07, 6.45) is 0.511. The van der Waals surface area contributed by atoms with Crippen LogP contribution in [0.1, 0.15) is 63.6 Å². The third kappa shape index (κ3) is 6.33. The van der Waals surface area contributed by atoms with Crippen LogP contribution in [0.25, 0.3) is 0 Å². The molecule has 0 atom stereocenters. The van der Waals surface area contributed by atoms with E-state index in [-0.39, 0.29) is 17.5 Å². The first-order valence-corrected chi connectivity index (χ1v) is 12.7. The van der Waals surface area contributed by atoms with E-state index in [2.05, 4.69) is 10.3 Å². The molecule has 2 heterocycles. The molecule has 1 N–H and O–H groups in total. The number of piperidine rings is 1. The van der Waals surface area contributed by atoms with Gasteiger partial charge in [-0.05, 0) is 91.6 Å². The summed E-state index contributed by atoms with van der Waals surface area (Å²) in [5.74, 6) is 1.04. The van der Waals surface area contributed by atoms with Crippen LogP contribution < -0.4 is 10.1 Å². The highest BCUT2D eigenvalue weighted by molar-refractivity contribution is 6.03. The fourth-order valence-corrected chi connectivity index (χ4v) is 4.56. The molecule has 1 saturated carbocycles. The molecule has 1 aromatic heterocycles. The smallest absolute Gasteiger partial charge is 0.416 e. The topological polar surface area (TPSA) is 71.5 Å². The zero-order valence-corrected chi connectivity index (χ0v) is 20.7. The van der Waals surface area contributed by atoms with E-state index in [1.54, 1.807) is 12.1 Å². The second-order valence-electron chi connectivity index (χ2n) is 9.85. The summed E-state index contributed by atoms with van der Waals surface area (Å²) >= 11 is 0. The number of nitrogens with zero attached hydrogens (tertiary/aromatic N) is 2. The van der Waals surface area contributed by atoms with Gasteiger partial charge in [0.25, 0.3) is 11.8 Å². The molecule has 198 valence electrons. The lowest BCUT2D eigenvalue weighted by atomic mass is 9.89. The van der Waals surface area contributed by atoms with E-state index in [0.29, 0.717) is 30.3 Å². The van der Waals surface area contributed by atoms with Gasteiger partial charge in [0.1, 0.15) is 11.4 Å². The van der Waals surface area contributed by atoms with Crippen LogP contribution >= 0.6 is 0 Å². The highest BCUT2D eigenvalue weighted by atomic mass is 19.4. The van der Waals surface area contributed by atoms with Crippen molar-refractivity contribution in [2.75, 3.05) is 25.0 Å². The number of nitrogens with one attached hydrogen (secondary N) is 1. The van der Waals surface area contributed by atoms with Gasteiger partial charge < -0.3 is 15.0 Å². The zero-order chi connectivity index (χ0) is 26.7. The Hall–Kier alpha value is -3.88. The number of ether oxygens (including phenoxy) is 1. The van der Waals surface area contributed by atoms with Crippen molar-refractivity contribution < 1.29 is 27.5 Å². The van der Waals surface area contributed by atoms with Crippen molar-refractivity contribution in [2.24, 2.45) is 5.92 Å². The van der Waals surface area contributed by atoms with Crippen molar-refractivity contribution in [3.63, 3.8) is 0 Å². The summed E-state index contributed by atoms with van der Waals surface area (Å²) in [6.45, 7) is 2.02. The third-order valence-corrected chi connectivity index (χ3v) is 7.03. The number of rotatable bonds is 7. The van der Waals surface area contributed by atoms with E-state index in [1.807, 2.05) is 41.3 Å². The minimum Gasteiger partial charge on any atom is -0.493 e. The van der Waals surface area contributed by atoms with Crippen molar-refractivity contribution in [3.05, 3.63) is 89.2 Å². The summed E-state index contributed by atoms with van der Waals surface area (Å²) in [5, 5.41) is 2.60. The van der Waals surface area contributed by atoms with Crippen molar-refractivity contribution in [2.45, 2.75) is 37.8 Å². The monoisotopic (exact) mass is 523 g/mol. The number of hydrogen-bond acceptors (Lipinski definition) is 4. The Morgan fingerprint density at radius 1 is 0.947 bits per heavy atom. The van der Waals surface area contributed by atoms with E-state index in [4.69, 9.17) is 4.74 Å². The highest BCUT2D eigenvalue weighted by Gasteiger charge is 2.31. The van der Waals surface area contributed by atoms with Gasteiger partial charge in [0.2, 0.25) is 0 Å². The molecule has 0 unspecified atom stereocenters. The van der Waals surface area contributed by atoms with Gasteiger partial charge in [-0.2, -0.15) is 13.2 Å².